The van der Waals surface area contributed by atoms with E-state index in [0.29, 0.717) is 12.2 Å². The molecule has 1 atom stereocenters. The lowest BCUT2D eigenvalue weighted by atomic mass is 10.2. The number of rotatable bonds is 4. The predicted octanol–water partition coefficient (Wildman–Crippen LogP) is 2.94. The Hall–Kier alpha value is -1.69. The van der Waals surface area contributed by atoms with Crippen molar-refractivity contribution in [2.45, 2.75) is 5.66 Å². The average molecular weight is 279 g/mol. The summed E-state index contributed by atoms with van der Waals surface area (Å²) in [6, 6.07) is 21.6. The van der Waals surface area contributed by atoms with Crippen molar-refractivity contribution in [2.24, 2.45) is 5.73 Å². The van der Waals surface area contributed by atoms with Crippen LogP contribution in [0.5, 0.6) is 0 Å². The van der Waals surface area contributed by atoms with Crippen LogP contribution in [0.2, 0.25) is 0 Å². The van der Waals surface area contributed by atoms with Crippen LogP contribution in [0, 0.1) is 0 Å². The van der Waals surface area contributed by atoms with Gasteiger partial charge in [0.05, 0.1) is 0 Å². The second-order valence-electron chi connectivity index (χ2n) is 4.82. The van der Waals surface area contributed by atoms with Gasteiger partial charge in [-0.15, -0.1) is 0 Å². The van der Waals surface area contributed by atoms with Crippen molar-refractivity contribution in [3.63, 3.8) is 0 Å². The van der Waals surface area contributed by atoms with Crippen LogP contribution in [-0.4, -0.2) is 12.2 Å². The van der Waals surface area contributed by atoms with Gasteiger partial charge in [0.1, 0.15) is 0 Å². The SMILES string of the molecule is NCC1=CC=CC1P(c1ccccc1)c1ccccc1. The van der Waals surface area contributed by atoms with E-state index in [1.807, 2.05) is 0 Å². The van der Waals surface area contributed by atoms with Crippen LogP contribution in [-0.2, 0) is 0 Å². The zero-order chi connectivity index (χ0) is 13.8. The van der Waals surface area contributed by atoms with Crippen LogP contribution in [0.1, 0.15) is 0 Å². The van der Waals surface area contributed by atoms with Gasteiger partial charge in [0.25, 0.3) is 0 Å². The Balaban J connectivity index is 2.05. The van der Waals surface area contributed by atoms with Crippen LogP contribution in [0.4, 0.5) is 0 Å². The summed E-state index contributed by atoms with van der Waals surface area (Å²) in [6.07, 6.45) is 6.62. The van der Waals surface area contributed by atoms with Crippen molar-refractivity contribution >= 4 is 18.5 Å². The summed E-state index contributed by atoms with van der Waals surface area (Å²) < 4.78 is 0. The van der Waals surface area contributed by atoms with E-state index in [-0.39, 0.29) is 0 Å². The van der Waals surface area contributed by atoms with Gasteiger partial charge in [-0.1, -0.05) is 78.9 Å². The van der Waals surface area contributed by atoms with Gasteiger partial charge in [0.2, 0.25) is 0 Å². The van der Waals surface area contributed by atoms with Crippen LogP contribution < -0.4 is 16.3 Å². The Kier molecular flexibility index (Phi) is 4.11. The van der Waals surface area contributed by atoms with Crippen molar-refractivity contribution in [3.8, 4) is 0 Å². The minimum atomic E-state index is -0.432. The summed E-state index contributed by atoms with van der Waals surface area (Å²) in [5, 5.41) is 2.81. The molecule has 0 saturated carbocycles. The van der Waals surface area contributed by atoms with Gasteiger partial charge in [0.15, 0.2) is 0 Å². The van der Waals surface area contributed by atoms with Crippen LogP contribution >= 0.6 is 7.92 Å². The summed E-state index contributed by atoms with van der Waals surface area (Å²) in [6.45, 7) is 0.635. The highest BCUT2D eigenvalue weighted by atomic mass is 31.1. The number of hydrogen-bond donors (Lipinski definition) is 1. The quantitative estimate of drug-likeness (QED) is 0.856. The molecule has 100 valence electrons. The van der Waals surface area contributed by atoms with E-state index in [2.05, 4.69) is 78.9 Å². The molecule has 0 aliphatic heterocycles. The molecule has 0 amide bonds. The average Bonchev–Trinajstić information content (AvgIpc) is 2.98. The lowest BCUT2D eigenvalue weighted by molar-refractivity contribution is 1.09. The van der Waals surface area contributed by atoms with E-state index in [0.717, 1.165) is 0 Å². The molecule has 2 aromatic carbocycles. The fourth-order valence-corrected chi connectivity index (χ4v) is 5.32. The Labute approximate surface area is 121 Å². The van der Waals surface area contributed by atoms with E-state index >= 15 is 0 Å². The molecule has 0 heterocycles. The molecule has 2 N–H and O–H groups in total. The maximum Gasteiger partial charge on any atom is 0.0279 e. The van der Waals surface area contributed by atoms with Crippen LogP contribution in [0.3, 0.4) is 0 Å². The monoisotopic (exact) mass is 279 g/mol. The van der Waals surface area contributed by atoms with Crippen LogP contribution in [0.15, 0.2) is 84.5 Å². The lowest BCUT2D eigenvalue weighted by Gasteiger charge is -2.26. The molecule has 0 radical (unpaired) electrons. The van der Waals surface area contributed by atoms with Gasteiger partial charge in [-0.05, 0) is 24.1 Å². The summed E-state index contributed by atoms with van der Waals surface area (Å²) in [5.41, 5.74) is 7.69. The third kappa shape index (κ3) is 2.60. The van der Waals surface area contributed by atoms with E-state index in [1.54, 1.807) is 0 Å². The molecule has 1 nitrogen and oxygen atoms in total. The van der Waals surface area contributed by atoms with Crippen molar-refractivity contribution in [1.82, 2.24) is 0 Å². The lowest BCUT2D eigenvalue weighted by Crippen LogP contribution is -2.23. The Morgan fingerprint density at radius 3 is 1.90 bits per heavy atom. The molecule has 0 spiro atoms. The van der Waals surface area contributed by atoms with Gasteiger partial charge >= 0.3 is 0 Å². The Morgan fingerprint density at radius 2 is 1.40 bits per heavy atom. The third-order valence-corrected chi connectivity index (χ3v) is 6.34. The molecule has 2 heteroatoms. The van der Waals surface area contributed by atoms with E-state index < -0.39 is 7.92 Å². The molecule has 1 unspecified atom stereocenters. The van der Waals surface area contributed by atoms with Gasteiger partial charge < -0.3 is 5.73 Å². The highest BCUT2D eigenvalue weighted by molar-refractivity contribution is 7.74. The molecule has 3 rings (SSSR count). The first-order valence-corrected chi connectivity index (χ1v) is 8.28. The second-order valence-corrected chi connectivity index (χ2v) is 7.15. The van der Waals surface area contributed by atoms with Gasteiger partial charge in [-0.3, -0.25) is 0 Å². The highest BCUT2D eigenvalue weighted by Crippen LogP contribution is 2.45. The minimum Gasteiger partial charge on any atom is -0.327 e. The maximum atomic E-state index is 5.92. The first kappa shape index (κ1) is 13.3. The van der Waals surface area contributed by atoms with E-state index in [1.165, 1.54) is 16.2 Å². The fourth-order valence-electron chi connectivity index (χ4n) is 2.59. The van der Waals surface area contributed by atoms with Crippen molar-refractivity contribution in [1.29, 1.82) is 0 Å². The molecular weight excluding hydrogens is 261 g/mol. The molecule has 0 saturated heterocycles. The summed E-state index contributed by atoms with van der Waals surface area (Å²) >= 11 is 0. The Bertz CT molecular complexity index is 577. The normalized spacial score (nSPS) is 17.5. The summed E-state index contributed by atoms with van der Waals surface area (Å²) in [4.78, 5) is 0. The molecular formula is C18H18NP. The van der Waals surface area contributed by atoms with Crippen LogP contribution in [0.25, 0.3) is 0 Å². The van der Waals surface area contributed by atoms with E-state index in [9.17, 15) is 0 Å². The number of allylic oxidation sites excluding steroid dienone is 3. The summed E-state index contributed by atoms with van der Waals surface area (Å²) in [7, 11) is -0.432. The van der Waals surface area contributed by atoms with Gasteiger partial charge in [0, 0.05) is 12.2 Å². The second kappa shape index (κ2) is 6.17. The highest BCUT2D eigenvalue weighted by Gasteiger charge is 2.26. The zero-order valence-corrected chi connectivity index (χ0v) is 12.2. The molecule has 0 fully saturated rings. The van der Waals surface area contributed by atoms with Gasteiger partial charge in [-0.2, -0.15) is 0 Å². The first-order chi connectivity index (χ1) is 9.90. The van der Waals surface area contributed by atoms with Crippen molar-refractivity contribution in [3.05, 3.63) is 84.5 Å². The molecule has 0 bridgehead atoms. The first-order valence-electron chi connectivity index (χ1n) is 6.87. The number of nitrogens with two attached hydrogens (primary N) is 1. The molecule has 0 aromatic heterocycles. The standard InChI is InChI=1S/C18H18NP/c19-14-15-8-7-13-18(15)20(16-9-3-1-4-10-16)17-11-5-2-6-12-17/h1-13,18H,14,19H2. The molecule has 20 heavy (non-hydrogen) atoms. The molecule has 1 aliphatic rings. The largest absolute Gasteiger partial charge is 0.327 e. The fraction of sp³-hybridized carbons (Fsp3) is 0.111. The van der Waals surface area contributed by atoms with Crippen molar-refractivity contribution in [2.75, 3.05) is 6.54 Å². The summed E-state index contributed by atoms with van der Waals surface area (Å²) in [5.74, 6) is 0. The van der Waals surface area contributed by atoms with Crippen molar-refractivity contribution < 1.29 is 0 Å². The third-order valence-electron chi connectivity index (χ3n) is 3.57. The number of benzene rings is 2. The zero-order valence-electron chi connectivity index (χ0n) is 11.3. The van der Waals surface area contributed by atoms with E-state index in [4.69, 9.17) is 5.73 Å². The predicted molar refractivity (Wildman–Crippen MR) is 89.1 cm³/mol. The van der Waals surface area contributed by atoms with Gasteiger partial charge in [-0.25, -0.2) is 0 Å². The number of hydrogen-bond acceptors (Lipinski definition) is 1. The smallest absolute Gasteiger partial charge is 0.0279 e. The molecule has 2 aromatic rings. The minimum absolute atomic E-state index is 0.430. The topological polar surface area (TPSA) is 26.0 Å². The Morgan fingerprint density at radius 1 is 0.850 bits per heavy atom. The maximum absolute atomic E-state index is 5.92. The molecule has 1 aliphatic carbocycles.